The van der Waals surface area contributed by atoms with Gasteiger partial charge >= 0.3 is 0 Å². The third-order valence-electron chi connectivity index (χ3n) is 19.2. The van der Waals surface area contributed by atoms with E-state index in [1.807, 2.05) is 95.3 Å². The molecule has 0 saturated heterocycles. The molecule has 83 heavy (non-hydrogen) atoms. The summed E-state index contributed by atoms with van der Waals surface area (Å²) in [6.07, 6.45) is 3.11. The van der Waals surface area contributed by atoms with Crippen LogP contribution in [0.5, 0.6) is 0 Å². The average molecular weight is 1110 g/mol. The van der Waals surface area contributed by atoms with Crippen LogP contribution in [-0.4, -0.2) is 117 Å². The summed E-state index contributed by atoms with van der Waals surface area (Å²) in [5.41, 5.74) is 2.13. The van der Waals surface area contributed by atoms with Gasteiger partial charge in [-0.1, -0.05) is 82.6 Å². The molecule has 0 radical (unpaired) electrons. The summed E-state index contributed by atoms with van der Waals surface area (Å²) in [6.45, 7) is 16.6. The van der Waals surface area contributed by atoms with E-state index in [0.29, 0.717) is 78.9 Å². The lowest BCUT2D eigenvalue weighted by molar-refractivity contribution is 0.0264. The molecule has 4 aliphatic heterocycles. The van der Waals surface area contributed by atoms with Gasteiger partial charge in [0.05, 0.1) is 39.5 Å². The predicted molar refractivity (Wildman–Crippen MR) is 320 cm³/mol. The second kappa shape index (κ2) is 18.1. The number of carbonyl (C=O) groups is 8. The zero-order chi connectivity index (χ0) is 58.1. The van der Waals surface area contributed by atoms with E-state index in [2.05, 4.69) is 20.8 Å². The Labute approximate surface area is 477 Å². The molecule has 14 heteroatoms. The van der Waals surface area contributed by atoms with E-state index < -0.39 is 34.7 Å². The van der Waals surface area contributed by atoms with E-state index in [9.17, 15) is 38.4 Å². The molecule has 10 aromatic rings. The van der Waals surface area contributed by atoms with Crippen LogP contribution in [0.1, 0.15) is 164 Å². The van der Waals surface area contributed by atoms with E-state index in [1.54, 1.807) is 36.4 Å². The molecule has 14 nitrogen and oxygen atoms in total. The molecule has 10 aromatic carbocycles. The molecule has 0 unspecified atom stereocenters. The quantitative estimate of drug-likeness (QED) is 0.0393. The lowest BCUT2D eigenvalue weighted by Gasteiger charge is -2.41. The molecule has 0 aromatic heterocycles. The Balaban J connectivity index is 0.643. The minimum absolute atomic E-state index is 0.00760. The first-order valence-corrected chi connectivity index (χ1v) is 28.8. The first-order valence-electron chi connectivity index (χ1n) is 28.8. The van der Waals surface area contributed by atoms with Gasteiger partial charge in [0, 0.05) is 77.1 Å². The SMILES string of the molecule is CCC(C)(C)CCC(C)(C)N1C(=O)c2ccc3c4ccc5c6c(ccc(c7ccc(c2c37)C1=O)c64)C(=O)N(CCOCCOCCN1C(=O)c2ccc3c4ccc6c7c(ccc(c8ccc(c2c38)C1=O)c74)C(=O)N(C(C)(C)CC)C6=O)C5=O. The molecule has 0 bridgehead atoms. The summed E-state index contributed by atoms with van der Waals surface area (Å²) in [5, 5.41) is 12.1. The summed E-state index contributed by atoms with van der Waals surface area (Å²) < 4.78 is 11.8. The number of nitrogens with zero attached hydrogens (tertiary/aromatic N) is 4. The van der Waals surface area contributed by atoms with Gasteiger partial charge in [0.25, 0.3) is 47.3 Å². The zero-order valence-electron chi connectivity index (χ0n) is 47.7. The Morgan fingerprint density at radius 3 is 0.807 bits per heavy atom. The Bertz CT molecular complexity index is 4430. The van der Waals surface area contributed by atoms with E-state index in [-0.39, 0.29) is 68.6 Å². The Kier molecular flexibility index (Phi) is 11.4. The van der Waals surface area contributed by atoms with Crippen LogP contribution in [0.15, 0.2) is 97.1 Å². The molecule has 14 rings (SSSR count). The number of rotatable bonds is 16. The predicted octanol–water partition coefficient (Wildman–Crippen LogP) is 13.1. The Hall–Kier alpha value is -8.72. The largest absolute Gasteiger partial charge is 0.377 e. The number of hydrogen-bond donors (Lipinski definition) is 0. The molecule has 0 saturated carbocycles. The van der Waals surface area contributed by atoms with Gasteiger partial charge in [0.2, 0.25) is 0 Å². The average Bonchev–Trinajstić information content (AvgIpc) is 0.908. The van der Waals surface area contributed by atoms with Crippen molar-refractivity contribution in [3.8, 4) is 0 Å². The number of ether oxygens (including phenoxy) is 2. The number of hydrogen-bond acceptors (Lipinski definition) is 10. The molecule has 8 amide bonds. The van der Waals surface area contributed by atoms with Gasteiger partial charge in [-0.05, 0) is 166 Å². The van der Waals surface area contributed by atoms with E-state index >= 15 is 0 Å². The highest BCUT2D eigenvalue weighted by Gasteiger charge is 2.45. The van der Waals surface area contributed by atoms with Crippen molar-refractivity contribution in [2.45, 2.75) is 92.2 Å². The second-order valence-electron chi connectivity index (χ2n) is 24.9. The van der Waals surface area contributed by atoms with Crippen molar-refractivity contribution >= 4 is 133 Å². The number of imide groups is 4. The first-order chi connectivity index (χ1) is 39.7. The standard InChI is InChI=1S/C69H60N4O10/c1-9-67(3,4)27-28-69(7,8)73-65(80)49-25-17-41-37-13-21-45-56-46(22-14-38(52(37)56)42-18-26-50(66(73)81)58(49)54(41)42)62(77)71(61(45)76)30-32-83-34-33-82-31-29-70-59(74)43-19-11-35-39-15-23-47-57-48(64(79)72(63(47)78)68(5,6)10-2)24-16-40(53(39)57)36-12-20-44(60(70)75)55(43)51(35)36/h11-26H,9-10,27-34H2,1-8H3. The fraction of sp³-hybridized carbons (Fsp3) is 0.304. The molecule has 0 spiro atoms. The monoisotopic (exact) mass is 1100 g/mol. The summed E-state index contributed by atoms with van der Waals surface area (Å²) in [6, 6.07) is 29.4. The topological polar surface area (TPSA) is 168 Å². The summed E-state index contributed by atoms with van der Waals surface area (Å²) in [7, 11) is 0. The second-order valence-corrected chi connectivity index (χ2v) is 24.9. The van der Waals surface area contributed by atoms with Crippen molar-refractivity contribution in [2.75, 3.05) is 39.5 Å². The van der Waals surface area contributed by atoms with Crippen LogP contribution in [0.25, 0.3) is 86.2 Å². The molecule has 416 valence electrons. The molecular weight excluding hydrogens is 1040 g/mol. The van der Waals surface area contributed by atoms with Crippen molar-refractivity contribution in [3.05, 3.63) is 142 Å². The van der Waals surface area contributed by atoms with Crippen LogP contribution >= 0.6 is 0 Å². The van der Waals surface area contributed by atoms with Crippen LogP contribution < -0.4 is 0 Å². The summed E-state index contributed by atoms with van der Waals surface area (Å²) in [5.74, 6) is -3.04. The number of amides is 8. The number of fused-ring (bicyclic) bond motifs is 4. The fourth-order valence-electron chi connectivity index (χ4n) is 13.9. The normalized spacial score (nSPS) is 15.9. The van der Waals surface area contributed by atoms with E-state index in [1.165, 1.54) is 19.6 Å². The van der Waals surface area contributed by atoms with Crippen LogP contribution in [0.2, 0.25) is 0 Å². The Morgan fingerprint density at radius 2 is 0.554 bits per heavy atom. The van der Waals surface area contributed by atoms with Crippen molar-refractivity contribution in [3.63, 3.8) is 0 Å². The molecule has 4 heterocycles. The maximum Gasteiger partial charge on any atom is 0.261 e. The van der Waals surface area contributed by atoms with Gasteiger partial charge in [-0.2, -0.15) is 0 Å². The van der Waals surface area contributed by atoms with E-state index in [0.717, 1.165) is 77.5 Å². The van der Waals surface area contributed by atoms with Gasteiger partial charge in [-0.25, -0.2) is 0 Å². The highest BCUT2D eigenvalue weighted by molar-refractivity contribution is 6.43. The van der Waals surface area contributed by atoms with Crippen molar-refractivity contribution in [2.24, 2.45) is 5.41 Å². The lowest BCUT2D eigenvalue weighted by Crippen LogP contribution is -2.53. The van der Waals surface area contributed by atoms with Crippen molar-refractivity contribution in [1.29, 1.82) is 0 Å². The van der Waals surface area contributed by atoms with E-state index in [4.69, 9.17) is 9.47 Å². The maximum atomic E-state index is 14.4. The molecule has 4 aliphatic rings. The van der Waals surface area contributed by atoms with Gasteiger partial charge < -0.3 is 9.47 Å². The number of benzene rings is 10. The minimum atomic E-state index is -0.717. The van der Waals surface area contributed by atoms with Crippen LogP contribution in [-0.2, 0) is 9.47 Å². The summed E-state index contributed by atoms with van der Waals surface area (Å²) in [4.78, 5) is 119. The van der Waals surface area contributed by atoms with Gasteiger partial charge in [-0.15, -0.1) is 0 Å². The first kappa shape index (κ1) is 52.4. The lowest BCUT2D eigenvalue weighted by atomic mass is 9.79. The third-order valence-corrected chi connectivity index (χ3v) is 19.2. The maximum absolute atomic E-state index is 14.4. The smallest absolute Gasteiger partial charge is 0.261 e. The van der Waals surface area contributed by atoms with Crippen LogP contribution in [0, 0.1) is 5.41 Å². The van der Waals surface area contributed by atoms with Gasteiger partial charge in [0.15, 0.2) is 0 Å². The molecule has 0 fully saturated rings. The molecular formula is C69H60N4O10. The Morgan fingerprint density at radius 1 is 0.301 bits per heavy atom. The number of carbonyl (C=O) groups excluding carboxylic acids is 8. The van der Waals surface area contributed by atoms with Crippen LogP contribution in [0.4, 0.5) is 0 Å². The third kappa shape index (κ3) is 7.21. The zero-order valence-corrected chi connectivity index (χ0v) is 47.7. The highest BCUT2D eigenvalue weighted by Crippen LogP contribution is 2.50. The van der Waals surface area contributed by atoms with Crippen LogP contribution in [0.3, 0.4) is 0 Å². The molecule has 0 aliphatic carbocycles. The van der Waals surface area contributed by atoms with Gasteiger partial charge in [0.1, 0.15) is 0 Å². The van der Waals surface area contributed by atoms with Crippen molar-refractivity contribution < 1.29 is 47.8 Å². The van der Waals surface area contributed by atoms with Crippen molar-refractivity contribution in [1.82, 2.24) is 19.6 Å². The fourth-order valence-corrected chi connectivity index (χ4v) is 13.9. The minimum Gasteiger partial charge on any atom is -0.377 e. The highest BCUT2D eigenvalue weighted by atomic mass is 16.5. The molecule has 0 N–H and O–H groups in total. The molecule has 0 atom stereocenters. The summed E-state index contributed by atoms with van der Waals surface area (Å²) >= 11 is 0. The van der Waals surface area contributed by atoms with Gasteiger partial charge in [-0.3, -0.25) is 58.0 Å².